The second-order valence-electron chi connectivity index (χ2n) is 51.6. The lowest BCUT2D eigenvalue weighted by Gasteiger charge is -2.43. The fourth-order valence-electron chi connectivity index (χ4n) is 24.1. The van der Waals surface area contributed by atoms with E-state index in [4.69, 9.17) is 0 Å². The Hall–Kier alpha value is -8.14. The molecule has 6 unspecified atom stereocenters. The van der Waals surface area contributed by atoms with Crippen molar-refractivity contribution in [2.45, 2.75) is 463 Å². The topological polar surface area (TPSA) is 516 Å². The van der Waals surface area contributed by atoms with Gasteiger partial charge < -0.3 is 78.5 Å². The molecule has 9 saturated carbocycles. The molecule has 0 spiro atoms. The fraction of sp³-hybridized carbons (Fsp3) is 0.858. The van der Waals surface area contributed by atoms with E-state index in [-0.39, 0.29) is 81.4 Å². The molecule has 13 fully saturated rings. The van der Waals surface area contributed by atoms with Crippen LogP contribution < -0.4 is 63.8 Å². The Morgan fingerprint density at radius 3 is 0.918 bits per heavy atom. The number of piperidine rings is 3. The van der Waals surface area contributed by atoms with Crippen molar-refractivity contribution < 1.29 is 97.2 Å². The summed E-state index contributed by atoms with van der Waals surface area (Å²) >= 11 is 0. The Bertz CT molecular complexity index is 5190. The highest BCUT2D eigenvalue weighted by atomic mass is 32.2. The smallest absolute Gasteiger partial charge is 0.315 e. The molecule has 15 amide bonds. The maximum Gasteiger partial charge on any atom is 0.315 e. The van der Waals surface area contributed by atoms with Crippen molar-refractivity contribution >= 4 is 118 Å². The first-order chi connectivity index (χ1) is 67.6. The van der Waals surface area contributed by atoms with Gasteiger partial charge in [0.25, 0.3) is 17.7 Å². The summed E-state index contributed by atoms with van der Waals surface area (Å²) in [5, 5.41) is 33.2. The van der Waals surface area contributed by atoms with Crippen molar-refractivity contribution in [3.05, 3.63) is 0 Å². The predicted octanol–water partition coefficient (Wildman–Crippen LogP) is 9.30. The molecule has 4 aliphatic heterocycles. The molecule has 9 aliphatic carbocycles. The lowest BCUT2D eigenvalue weighted by Crippen LogP contribution is -2.65. The number of nitrogens with zero attached hydrogens (tertiary/aromatic N) is 4. The van der Waals surface area contributed by atoms with Gasteiger partial charge in [0.05, 0.1) is 61.5 Å². The number of sulfone groups is 2. The van der Waals surface area contributed by atoms with Crippen molar-refractivity contribution in [3.8, 4) is 0 Å². The largest absolute Gasteiger partial charge is 0.347 e. The SMILES string of the molecule is CCCC[C@H](NC(=O)[C@@H]1C2C(CN1C(=O)[C@@H](NC(=O)NC1(CS(=O)(=O)C(C)(C)C)CCCCC1)C(C)(C)C)C2(C)C)C(=O)C(=O)NC1CC1.CCCC[C@H](NC(=O)[C@@H]1C2C(CN1C(=O)[C@@H](NC(=O)NC1(CS(=O)(=O)C(C)C)CCCCC1)C(C)(C)C)C2(C)C)C(=O)C(=O)NC1CC1.CCCC[C@H](NC(=O)[C@@H]1C2C(CN1C(=O)[C@@H](NC(=O)NC1([C@H]3CCN(C)S3(=O)=O)CCCCC1)C(C)(C)C)C2(C)C)C(=O)C(=O)NC1CC1. The van der Waals surface area contributed by atoms with Gasteiger partial charge in [-0.1, -0.05) is 221 Å². The van der Waals surface area contributed by atoms with Gasteiger partial charge in [-0.15, -0.1) is 0 Å². The van der Waals surface area contributed by atoms with E-state index in [1.54, 1.807) is 46.6 Å². The van der Waals surface area contributed by atoms with E-state index in [0.717, 1.165) is 116 Å². The molecule has 40 heteroatoms. The molecule has 13 aliphatic rings. The quantitative estimate of drug-likeness (QED) is 0.0255. The van der Waals surface area contributed by atoms with Crippen molar-refractivity contribution in [1.82, 2.24) is 82.8 Å². The highest BCUT2D eigenvalue weighted by molar-refractivity contribution is 7.92. The highest BCUT2D eigenvalue weighted by Crippen LogP contribution is 2.67. The highest BCUT2D eigenvalue weighted by Gasteiger charge is 2.73. The number of fused-ring (bicyclic) bond motifs is 3. The summed E-state index contributed by atoms with van der Waals surface area (Å²) in [7, 11) is -9.04. The summed E-state index contributed by atoms with van der Waals surface area (Å²) in [6.07, 6.45) is 21.5. The molecule has 0 bridgehead atoms. The molecule has 37 nitrogen and oxygen atoms in total. The van der Waals surface area contributed by atoms with Crippen molar-refractivity contribution in [1.29, 1.82) is 0 Å². The summed E-state index contributed by atoms with van der Waals surface area (Å²) in [6, 6.07) is -10.5. The lowest BCUT2D eigenvalue weighted by atomic mass is 9.78. The van der Waals surface area contributed by atoms with E-state index in [1.807, 2.05) is 83.1 Å². The summed E-state index contributed by atoms with van der Waals surface area (Å²) in [5.74, 6) is -7.26. The maximum atomic E-state index is 14.5. The number of likely N-dealkylation sites (tertiary alicyclic amines) is 3. The van der Waals surface area contributed by atoms with Gasteiger partial charge in [0, 0.05) is 51.4 Å². The third-order valence-corrected chi connectivity index (χ3v) is 42.1. The van der Waals surface area contributed by atoms with Gasteiger partial charge in [-0.25, -0.2) is 43.9 Å². The third-order valence-electron chi connectivity index (χ3n) is 34.5. The molecular weight excluding hydrogens is 1930 g/mol. The van der Waals surface area contributed by atoms with E-state index in [9.17, 15) is 97.2 Å². The van der Waals surface area contributed by atoms with Crippen LogP contribution in [0.4, 0.5) is 14.4 Å². The van der Waals surface area contributed by atoms with Gasteiger partial charge in [-0.05, 0) is 205 Å². The number of rotatable bonds is 39. The van der Waals surface area contributed by atoms with Crippen LogP contribution >= 0.6 is 0 Å². The predicted molar refractivity (Wildman–Crippen MR) is 556 cm³/mol. The second-order valence-corrected chi connectivity index (χ2v) is 59.1. The van der Waals surface area contributed by atoms with Gasteiger partial charge in [-0.3, -0.25) is 57.5 Å². The first-order valence-corrected chi connectivity index (χ1v) is 59.5. The van der Waals surface area contributed by atoms with E-state index in [0.29, 0.717) is 110 Å². The van der Waals surface area contributed by atoms with Crippen LogP contribution in [0.25, 0.3) is 0 Å². The number of carbonyl (C=O) groups excluding carboxylic acids is 15. The minimum atomic E-state index is -3.59. The van der Waals surface area contributed by atoms with Crippen LogP contribution in [0, 0.1) is 68.0 Å². The van der Waals surface area contributed by atoms with Crippen LogP contribution in [-0.4, -0.2) is 282 Å². The Labute approximate surface area is 868 Å². The van der Waals surface area contributed by atoms with E-state index >= 15 is 0 Å². The fourth-order valence-corrected chi connectivity index (χ4v) is 29.1. The molecule has 146 heavy (non-hydrogen) atoms. The van der Waals surface area contributed by atoms with Crippen LogP contribution in [0.3, 0.4) is 0 Å². The monoisotopic (exact) mass is 2110 g/mol. The summed E-state index contributed by atoms with van der Waals surface area (Å²) < 4.78 is 79.6. The summed E-state index contributed by atoms with van der Waals surface area (Å²) in [5.41, 5.74) is -5.65. The molecule has 12 N–H and O–H groups in total. The van der Waals surface area contributed by atoms with Crippen molar-refractivity contribution in [3.63, 3.8) is 0 Å². The number of sulfonamides is 1. The zero-order valence-electron chi connectivity index (χ0n) is 91.8. The molecule has 4 saturated heterocycles. The van der Waals surface area contributed by atoms with Gasteiger partial charge in [0.2, 0.25) is 62.8 Å². The number of urea groups is 3. The Balaban J connectivity index is 0.000000208. The van der Waals surface area contributed by atoms with E-state index in [1.165, 1.54) is 14.1 Å². The van der Waals surface area contributed by atoms with Crippen LogP contribution in [-0.2, 0) is 87.2 Å². The average Bonchev–Trinajstić information content (AvgIpc) is 1.53. The number of hydrogen-bond donors (Lipinski definition) is 12. The zero-order chi connectivity index (χ0) is 109. The Morgan fingerprint density at radius 1 is 0.384 bits per heavy atom. The minimum Gasteiger partial charge on any atom is -0.347 e. The number of nitrogens with one attached hydrogen (secondary N) is 12. The number of amides is 15. The molecular formula is C106H178N16O21S3. The number of carbonyl (C=O) groups is 15. The molecule has 0 aromatic rings. The van der Waals surface area contributed by atoms with Gasteiger partial charge in [0.1, 0.15) is 36.3 Å². The van der Waals surface area contributed by atoms with Crippen LogP contribution in [0.2, 0.25) is 0 Å². The van der Waals surface area contributed by atoms with Crippen molar-refractivity contribution in [2.24, 2.45) is 68.0 Å². The Morgan fingerprint density at radius 2 is 0.664 bits per heavy atom. The van der Waals surface area contributed by atoms with Crippen LogP contribution in [0.5, 0.6) is 0 Å². The van der Waals surface area contributed by atoms with Crippen molar-refractivity contribution in [2.75, 3.05) is 44.7 Å². The number of ketones is 3. The molecule has 16 atom stereocenters. The van der Waals surface area contributed by atoms with Gasteiger partial charge in [0.15, 0.2) is 19.7 Å². The Kier molecular flexibility index (Phi) is 36.7. The van der Waals surface area contributed by atoms with Crippen LogP contribution in [0.15, 0.2) is 0 Å². The lowest BCUT2D eigenvalue weighted by molar-refractivity contribution is -0.145. The standard InChI is InChI=1S/C36H61N5O7S.C35H58N6O7S.C35H59N5O7S/c1-10-11-15-24(27(42)30(44)37-22-16-17-22)38-29(43)26-25-23(35(25,8)9)20-41(26)31(45)28(33(2,3)4)39-32(46)40-36(18-13-12-14-19-36)21-49(47,48)34(5,6)7;1-8-9-13-23(27(42)30(44)36-21-14-15-21)37-29(43)26-25-22(34(25,5)6)20-41(26)31(45)28(33(2,3)4)38-32(46)39-35(17-11-10-12-18-35)24-16-19-40(7)49(24,47)48;1-9-10-14-24(27(41)30(43)36-22-15-16-22)37-29(42)26-25-23(34(25,7)8)19-40(26)31(44)28(33(4,5)6)38-32(45)39-35(17-12-11-13-18-35)20-48(46,47)21(2)3/h22-26,28H,10-21H2,1-9H3,(H,37,44)(H,38,43)(H2,39,40,46);21-26,28H,8-20H2,1-7H3,(H,36,44)(H,37,43)(H2,38,39,46);21-26,28H,9-20H2,1-8H3,(H,36,43)(H,37,42)(H2,38,39,45)/t23?,24-,25?,26-,28+;22?,23-,24+,25?,26-,28+;23?,24-,25?,26-,28+/m000/s1. The normalized spacial score (nSPS) is 27.1. The average molecular weight is 2110 g/mol. The van der Waals surface area contributed by atoms with E-state index in [2.05, 4.69) is 105 Å². The number of Topliss-reactive ketones (excluding diaryl/α,β-unsaturated/α-hetero) is 3. The zero-order valence-corrected chi connectivity index (χ0v) is 94.2. The van der Waals surface area contributed by atoms with Gasteiger partial charge >= 0.3 is 18.1 Å². The minimum absolute atomic E-state index is 0.00450. The first kappa shape index (κ1) is 118. The van der Waals surface area contributed by atoms with Gasteiger partial charge in [-0.2, -0.15) is 0 Å². The summed E-state index contributed by atoms with van der Waals surface area (Å²) in [6.45, 7) is 44.5. The third kappa shape index (κ3) is 27.5. The molecule has 4 heterocycles. The number of unbranched alkanes of at least 4 members (excludes halogenated alkanes) is 3. The maximum absolute atomic E-state index is 14.5. The van der Waals surface area contributed by atoms with E-state index < -0.39 is 221 Å². The first-order valence-electron chi connectivity index (χ1n) is 54.6. The molecule has 0 radical (unpaired) electrons. The van der Waals surface area contributed by atoms with Crippen LogP contribution in [0.1, 0.15) is 358 Å². The molecule has 0 aromatic heterocycles. The number of hydrogen-bond acceptors (Lipinski definition) is 21. The molecule has 0 aromatic carbocycles. The summed E-state index contributed by atoms with van der Waals surface area (Å²) in [4.78, 5) is 209. The molecule has 826 valence electrons. The second kappa shape index (κ2) is 45.4. The molecule has 13 rings (SSSR count).